The number of carbonyl (C=O) groups is 1. The van der Waals surface area contributed by atoms with E-state index >= 15 is 0 Å². The van der Waals surface area contributed by atoms with Crippen molar-refractivity contribution in [3.05, 3.63) is 24.3 Å². The normalized spacial score (nSPS) is 22.6. The molecule has 2 aliphatic rings. The van der Waals surface area contributed by atoms with E-state index in [2.05, 4.69) is 22.5 Å². The van der Waals surface area contributed by atoms with Gasteiger partial charge in [0.25, 0.3) is 0 Å². The minimum Gasteiger partial charge on any atom is -0.381 e. The Bertz CT molecular complexity index is 483. The highest BCUT2D eigenvalue weighted by atomic mass is 16.2. The number of hydrogen-bond donors (Lipinski definition) is 2. The molecule has 1 aromatic rings. The number of fused-ring (bicyclic) bond motifs is 1. The predicted octanol–water partition coefficient (Wildman–Crippen LogP) is 1.06. The third-order valence-corrected chi connectivity index (χ3v) is 4.18. The molecule has 108 valence electrons. The zero-order chi connectivity index (χ0) is 13.9. The van der Waals surface area contributed by atoms with Gasteiger partial charge in [-0.3, -0.25) is 4.79 Å². The number of nitrogens with one attached hydrogen (secondary N) is 2. The lowest BCUT2D eigenvalue weighted by Gasteiger charge is -2.37. The van der Waals surface area contributed by atoms with Crippen molar-refractivity contribution in [2.75, 3.05) is 49.9 Å². The summed E-state index contributed by atoms with van der Waals surface area (Å²) in [5.41, 5.74) is 2.09. The van der Waals surface area contributed by atoms with Crippen LogP contribution in [0.4, 0.5) is 11.4 Å². The molecule has 5 heteroatoms. The van der Waals surface area contributed by atoms with Gasteiger partial charge < -0.3 is 20.4 Å². The molecule has 0 saturated carbocycles. The summed E-state index contributed by atoms with van der Waals surface area (Å²) in [5.74, 6) is 0.211. The molecule has 1 atom stereocenters. The molecular weight excluding hydrogens is 252 g/mol. The first-order valence-corrected chi connectivity index (χ1v) is 7.38. The van der Waals surface area contributed by atoms with Gasteiger partial charge in [0.1, 0.15) is 6.04 Å². The van der Waals surface area contributed by atoms with Crippen LogP contribution < -0.4 is 10.6 Å². The number of hydrogen-bond acceptors (Lipinski definition) is 4. The third-order valence-electron chi connectivity index (χ3n) is 4.18. The summed E-state index contributed by atoms with van der Waals surface area (Å²) in [5, 5.41) is 6.68. The Balaban J connectivity index is 1.62. The highest BCUT2D eigenvalue weighted by molar-refractivity contribution is 5.88. The molecule has 2 N–H and O–H groups in total. The highest BCUT2D eigenvalue weighted by Crippen LogP contribution is 2.25. The van der Waals surface area contributed by atoms with Crippen molar-refractivity contribution in [1.29, 1.82) is 0 Å². The van der Waals surface area contributed by atoms with Crippen LogP contribution in [0.3, 0.4) is 0 Å². The minimum atomic E-state index is -0.155. The Morgan fingerprint density at radius 1 is 1.20 bits per heavy atom. The van der Waals surface area contributed by atoms with Gasteiger partial charge in [-0.15, -0.1) is 0 Å². The molecule has 1 aromatic carbocycles. The largest absolute Gasteiger partial charge is 0.381 e. The lowest BCUT2D eigenvalue weighted by molar-refractivity contribution is -0.133. The van der Waals surface area contributed by atoms with Crippen LogP contribution in [0.15, 0.2) is 24.3 Å². The molecular formula is C15H22N4O. The van der Waals surface area contributed by atoms with Gasteiger partial charge in [-0.25, -0.2) is 0 Å². The van der Waals surface area contributed by atoms with E-state index in [0.717, 1.165) is 44.1 Å². The molecule has 1 saturated heterocycles. The van der Waals surface area contributed by atoms with Crippen molar-refractivity contribution in [2.45, 2.75) is 13.0 Å². The summed E-state index contributed by atoms with van der Waals surface area (Å²) in [7, 11) is 0. The van der Waals surface area contributed by atoms with Crippen molar-refractivity contribution in [3.8, 4) is 0 Å². The van der Waals surface area contributed by atoms with Crippen LogP contribution in [-0.4, -0.2) is 61.0 Å². The maximum Gasteiger partial charge on any atom is 0.246 e. The van der Waals surface area contributed by atoms with E-state index in [-0.39, 0.29) is 11.9 Å². The molecule has 3 rings (SSSR count). The summed E-state index contributed by atoms with van der Waals surface area (Å²) in [6.45, 7) is 7.54. The molecule has 2 heterocycles. The topological polar surface area (TPSA) is 47.6 Å². The first-order chi connectivity index (χ1) is 9.78. The third kappa shape index (κ3) is 2.58. The summed E-state index contributed by atoms with van der Waals surface area (Å²) in [6.07, 6.45) is 0. The first kappa shape index (κ1) is 13.2. The second kappa shape index (κ2) is 5.71. The van der Waals surface area contributed by atoms with E-state index in [4.69, 9.17) is 0 Å². The SMILES string of the molecule is CCN1CCN(C(=O)C2CNc3ccccc3N2)CC1. The average Bonchev–Trinajstić information content (AvgIpc) is 2.54. The van der Waals surface area contributed by atoms with Crippen LogP contribution in [0.1, 0.15) is 6.92 Å². The molecule has 0 radical (unpaired) electrons. The lowest BCUT2D eigenvalue weighted by atomic mass is 10.1. The van der Waals surface area contributed by atoms with Gasteiger partial charge >= 0.3 is 0 Å². The molecule has 0 aromatic heterocycles. The van der Waals surface area contributed by atoms with Gasteiger partial charge in [0.15, 0.2) is 0 Å². The molecule has 5 nitrogen and oxygen atoms in total. The van der Waals surface area contributed by atoms with E-state index < -0.39 is 0 Å². The first-order valence-electron chi connectivity index (χ1n) is 7.38. The van der Waals surface area contributed by atoms with Gasteiger partial charge in [0.2, 0.25) is 5.91 Å². The van der Waals surface area contributed by atoms with Gasteiger partial charge in [-0.05, 0) is 18.7 Å². The molecule has 0 bridgehead atoms. The molecule has 1 fully saturated rings. The van der Waals surface area contributed by atoms with Crippen LogP contribution in [-0.2, 0) is 4.79 Å². The number of likely N-dealkylation sites (N-methyl/N-ethyl adjacent to an activating group) is 1. The standard InChI is InChI=1S/C15H22N4O/c1-2-18-7-9-19(10-8-18)15(20)14-11-16-12-5-3-4-6-13(12)17-14/h3-6,14,16-17H,2,7-11H2,1H3. The van der Waals surface area contributed by atoms with Gasteiger partial charge in [0, 0.05) is 32.7 Å². The maximum absolute atomic E-state index is 12.6. The molecule has 0 spiro atoms. The Morgan fingerprint density at radius 2 is 1.90 bits per heavy atom. The van der Waals surface area contributed by atoms with Crippen molar-refractivity contribution in [2.24, 2.45) is 0 Å². The van der Waals surface area contributed by atoms with Crippen LogP contribution >= 0.6 is 0 Å². The highest BCUT2D eigenvalue weighted by Gasteiger charge is 2.29. The van der Waals surface area contributed by atoms with E-state index in [1.54, 1.807) is 0 Å². The number of piperazine rings is 1. The minimum absolute atomic E-state index is 0.155. The molecule has 1 unspecified atom stereocenters. The second-order valence-corrected chi connectivity index (χ2v) is 5.38. The Kier molecular flexibility index (Phi) is 3.78. The number of anilines is 2. The van der Waals surface area contributed by atoms with Crippen molar-refractivity contribution < 1.29 is 4.79 Å². The van der Waals surface area contributed by atoms with E-state index in [0.29, 0.717) is 6.54 Å². The Hall–Kier alpha value is -1.75. The molecule has 2 aliphatic heterocycles. The fourth-order valence-corrected chi connectivity index (χ4v) is 2.87. The van der Waals surface area contributed by atoms with Crippen molar-refractivity contribution in [3.63, 3.8) is 0 Å². The van der Waals surface area contributed by atoms with E-state index in [1.165, 1.54) is 0 Å². The number of para-hydroxylation sites is 2. The zero-order valence-electron chi connectivity index (χ0n) is 11.9. The summed E-state index contributed by atoms with van der Waals surface area (Å²) in [4.78, 5) is 16.9. The summed E-state index contributed by atoms with van der Waals surface area (Å²) in [6, 6.07) is 7.87. The molecule has 1 amide bonds. The summed E-state index contributed by atoms with van der Waals surface area (Å²) >= 11 is 0. The quantitative estimate of drug-likeness (QED) is 0.846. The zero-order valence-corrected chi connectivity index (χ0v) is 11.9. The Labute approximate surface area is 119 Å². The molecule has 0 aliphatic carbocycles. The number of amides is 1. The van der Waals surface area contributed by atoms with E-state index in [1.807, 2.05) is 29.2 Å². The Morgan fingerprint density at radius 3 is 2.60 bits per heavy atom. The van der Waals surface area contributed by atoms with Crippen molar-refractivity contribution in [1.82, 2.24) is 9.80 Å². The average molecular weight is 274 g/mol. The fraction of sp³-hybridized carbons (Fsp3) is 0.533. The van der Waals surface area contributed by atoms with Gasteiger partial charge in [-0.1, -0.05) is 19.1 Å². The number of nitrogens with zero attached hydrogens (tertiary/aromatic N) is 2. The molecule has 20 heavy (non-hydrogen) atoms. The van der Waals surface area contributed by atoms with Crippen LogP contribution in [0.2, 0.25) is 0 Å². The number of rotatable bonds is 2. The van der Waals surface area contributed by atoms with Crippen LogP contribution in [0.25, 0.3) is 0 Å². The van der Waals surface area contributed by atoms with E-state index in [9.17, 15) is 4.79 Å². The van der Waals surface area contributed by atoms with Gasteiger partial charge in [-0.2, -0.15) is 0 Å². The lowest BCUT2D eigenvalue weighted by Crippen LogP contribution is -2.54. The second-order valence-electron chi connectivity index (χ2n) is 5.38. The smallest absolute Gasteiger partial charge is 0.246 e. The fourth-order valence-electron chi connectivity index (χ4n) is 2.87. The van der Waals surface area contributed by atoms with Crippen LogP contribution in [0, 0.1) is 0 Å². The summed E-state index contributed by atoms with van der Waals surface area (Å²) < 4.78 is 0. The van der Waals surface area contributed by atoms with Crippen molar-refractivity contribution >= 4 is 17.3 Å². The predicted molar refractivity (Wildman–Crippen MR) is 81.0 cm³/mol. The number of benzene rings is 1. The van der Waals surface area contributed by atoms with Gasteiger partial charge in [0.05, 0.1) is 11.4 Å². The number of carbonyl (C=O) groups excluding carboxylic acids is 1. The van der Waals surface area contributed by atoms with Crippen LogP contribution in [0.5, 0.6) is 0 Å². The monoisotopic (exact) mass is 274 g/mol. The maximum atomic E-state index is 12.6.